The number of nitrogens with one attached hydrogen (secondary N) is 1. The molecule has 0 heterocycles. The summed E-state index contributed by atoms with van der Waals surface area (Å²) in [6.45, 7) is 4.88. The molecule has 2 amide bonds. The van der Waals surface area contributed by atoms with E-state index in [4.69, 9.17) is 23.2 Å². The zero-order valence-corrected chi connectivity index (χ0v) is 22.0. The third-order valence-corrected chi connectivity index (χ3v) is 6.94. The van der Waals surface area contributed by atoms with Crippen molar-refractivity contribution in [2.24, 2.45) is 5.92 Å². The molecule has 0 radical (unpaired) electrons. The van der Waals surface area contributed by atoms with Gasteiger partial charge in [0.15, 0.2) is 11.6 Å². The van der Waals surface area contributed by atoms with Gasteiger partial charge in [0, 0.05) is 19.2 Å². The molecule has 1 N–H and O–H groups in total. The first-order valence-electron chi connectivity index (χ1n) is 10.6. The van der Waals surface area contributed by atoms with E-state index in [0.29, 0.717) is 27.5 Å². The van der Waals surface area contributed by atoms with Crippen LogP contribution >= 0.6 is 23.2 Å². The summed E-state index contributed by atoms with van der Waals surface area (Å²) < 4.78 is 52.7. The number of rotatable bonds is 10. The maximum Gasteiger partial charge on any atom is 0.244 e. The number of carbonyl (C=O) groups excluding carboxylic acids is 2. The smallest absolute Gasteiger partial charge is 0.244 e. The molecule has 0 fully saturated rings. The van der Waals surface area contributed by atoms with Crippen LogP contribution in [-0.2, 0) is 26.2 Å². The van der Waals surface area contributed by atoms with Gasteiger partial charge in [0.1, 0.15) is 12.6 Å². The molecule has 7 nitrogen and oxygen atoms in total. The molecule has 0 unspecified atom stereocenters. The van der Waals surface area contributed by atoms with Crippen molar-refractivity contribution in [3.63, 3.8) is 0 Å². The normalized spacial score (nSPS) is 12.4. The van der Waals surface area contributed by atoms with Gasteiger partial charge in [-0.15, -0.1) is 0 Å². The van der Waals surface area contributed by atoms with Gasteiger partial charge in [-0.2, -0.15) is 0 Å². The summed E-state index contributed by atoms with van der Waals surface area (Å²) in [5.41, 5.74) is 0.321. The monoisotopic (exact) mass is 549 g/mol. The van der Waals surface area contributed by atoms with Crippen molar-refractivity contribution in [1.82, 2.24) is 10.2 Å². The van der Waals surface area contributed by atoms with Crippen molar-refractivity contribution in [1.29, 1.82) is 0 Å². The zero-order chi connectivity index (χ0) is 26.5. The number of halogens is 4. The number of benzene rings is 2. The maximum atomic E-state index is 13.8. The molecular weight excluding hydrogens is 523 g/mol. The molecule has 2 rings (SSSR count). The average Bonchev–Trinajstić information content (AvgIpc) is 2.77. The molecule has 35 heavy (non-hydrogen) atoms. The number of carbonyl (C=O) groups is 2. The third kappa shape index (κ3) is 8.05. The Kier molecular flexibility index (Phi) is 9.88. The summed E-state index contributed by atoms with van der Waals surface area (Å²) >= 11 is 12.1. The second kappa shape index (κ2) is 12.0. The molecule has 0 spiro atoms. The van der Waals surface area contributed by atoms with Crippen LogP contribution in [-0.4, -0.2) is 50.5 Å². The fourth-order valence-corrected chi connectivity index (χ4v) is 4.29. The van der Waals surface area contributed by atoms with Crippen LogP contribution < -0.4 is 9.62 Å². The van der Waals surface area contributed by atoms with Crippen LogP contribution in [0.5, 0.6) is 0 Å². The van der Waals surface area contributed by atoms with Crippen molar-refractivity contribution in [2.75, 3.05) is 23.7 Å². The van der Waals surface area contributed by atoms with Gasteiger partial charge in [0.2, 0.25) is 21.8 Å². The molecule has 192 valence electrons. The first-order valence-corrected chi connectivity index (χ1v) is 13.2. The van der Waals surface area contributed by atoms with Crippen molar-refractivity contribution < 1.29 is 26.8 Å². The van der Waals surface area contributed by atoms with Gasteiger partial charge in [-0.05, 0) is 42.7 Å². The average molecular weight is 550 g/mol. The first-order chi connectivity index (χ1) is 16.2. The molecule has 0 saturated carbocycles. The Bertz CT molecular complexity index is 1200. The highest BCUT2D eigenvalue weighted by atomic mass is 35.5. The Balaban J connectivity index is 2.41. The van der Waals surface area contributed by atoms with E-state index < -0.39 is 46.1 Å². The van der Waals surface area contributed by atoms with E-state index in [9.17, 15) is 26.8 Å². The standard InChI is InChI=1S/C23H27Cl2F2N3O4S/c1-14(2)11-28-23(32)15(3)29(12-16-5-7-18(24)19(25)9-16)22(31)13-30(35(4,33)34)17-6-8-20(26)21(27)10-17/h5-10,14-15H,11-13H2,1-4H3,(H,28,32)/t15-/m0/s1. The lowest BCUT2D eigenvalue weighted by Gasteiger charge is -2.31. The largest absolute Gasteiger partial charge is 0.354 e. The first kappa shape index (κ1) is 28.8. The summed E-state index contributed by atoms with van der Waals surface area (Å²) in [6, 6.07) is 6.21. The Morgan fingerprint density at radius 3 is 2.20 bits per heavy atom. The number of hydrogen-bond acceptors (Lipinski definition) is 4. The second-order valence-corrected chi connectivity index (χ2v) is 11.2. The quantitative estimate of drug-likeness (QED) is 0.480. The molecule has 2 aromatic carbocycles. The number of anilines is 1. The maximum absolute atomic E-state index is 13.8. The highest BCUT2D eigenvalue weighted by molar-refractivity contribution is 7.92. The van der Waals surface area contributed by atoms with Crippen LogP contribution in [0.25, 0.3) is 0 Å². The fourth-order valence-electron chi connectivity index (χ4n) is 3.12. The minimum atomic E-state index is -4.07. The molecule has 0 aliphatic carbocycles. The molecule has 1 atom stereocenters. The lowest BCUT2D eigenvalue weighted by molar-refractivity contribution is -0.139. The molecule has 0 aliphatic rings. The summed E-state index contributed by atoms with van der Waals surface area (Å²) in [5.74, 6) is -3.44. The number of nitrogens with zero attached hydrogens (tertiary/aromatic N) is 2. The Labute approximate surface area is 214 Å². The lowest BCUT2D eigenvalue weighted by Crippen LogP contribution is -2.51. The van der Waals surface area contributed by atoms with Crippen LogP contribution in [0.2, 0.25) is 10.0 Å². The van der Waals surface area contributed by atoms with Crippen molar-refractivity contribution in [2.45, 2.75) is 33.4 Å². The number of amides is 2. The Hall–Kier alpha value is -2.43. The van der Waals surface area contributed by atoms with Crippen molar-refractivity contribution in [3.05, 3.63) is 63.6 Å². The van der Waals surface area contributed by atoms with Gasteiger partial charge in [-0.25, -0.2) is 17.2 Å². The summed E-state index contributed by atoms with van der Waals surface area (Å²) in [6.07, 6.45) is 0.837. The van der Waals surface area contributed by atoms with Gasteiger partial charge >= 0.3 is 0 Å². The van der Waals surface area contributed by atoms with E-state index in [1.165, 1.54) is 24.0 Å². The highest BCUT2D eigenvalue weighted by Gasteiger charge is 2.30. The molecule has 0 saturated heterocycles. The van der Waals surface area contributed by atoms with E-state index >= 15 is 0 Å². The minimum absolute atomic E-state index is 0.0820. The minimum Gasteiger partial charge on any atom is -0.354 e. The summed E-state index contributed by atoms with van der Waals surface area (Å²) in [7, 11) is -4.07. The summed E-state index contributed by atoms with van der Waals surface area (Å²) in [5, 5.41) is 3.30. The van der Waals surface area contributed by atoms with Gasteiger partial charge in [0.25, 0.3) is 0 Å². The van der Waals surface area contributed by atoms with Crippen LogP contribution in [0.1, 0.15) is 26.3 Å². The highest BCUT2D eigenvalue weighted by Crippen LogP contribution is 2.25. The molecule has 0 aliphatic heterocycles. The second-order valence-electron chi connectivity index (χ2n) is 8.45. The Morgan fingerprint density at radius 2 is 1.66 bits per heavy atom. The topological polar surface area (TPSA) is 86.8 Å². The van der Waals surface area contributed by atoms with E-state index in [0.717, 1.165) is 18.4 Å². The van der Waals surface area contributed by atoms with Gasteiger partial charge in [-0.3, -0.25) is 13.9 Å². The molecule has 2 aromatic rings. The number of sulfonamides is 1. The zero-order valence-electron chi connectivity index (χ0n) is 19.7. The van der Waals surface area contributed by atoms with Crippen molar-refractivity contribution >= 4 is 50.7 Å². The Morgan fingerprint density at radius 1 is 1.00 bits per heavy atom. The molecule has 0 aromatic heterocycles. The summed E-state index contributed by atoms with van der Waals surface area (Å²) in [4.78, 5) is 27.3. The predicted molar refractivity (Wildman–Crippen MR) is 133 cm³/mol. The van der Waals surface area contributed by atoms with E-state index in [-0.39, 0.29) is 23.2 Å². The van der Waals surface area contributed by atoms with E-state index in [2.05, 4.69) is 5.32 Å². The van der Waals surface area contributed by atoms with E-state index in [1.807, 2.05) is 13.8 Å². The molecular formula is C23H27Cl2F2N3O4S. The third-order valence-electron chi connectivity index (χ3n) is 5.06. The predicted octanol–water partition coefficient (Wildman–Crippen LogP) is 4.23. The van der Waals surface area contributed by atoms with Crippen LogP contribution in [0.3, 0.4) is 0 Å². The molecule has 0 bridgehead atoms. The molecule has 12 heteroatoms. The van der Waals surface area contributed by atoms with Gasteiger partial charge in [-0.1, -0.05) is 43.1 Å². The van der Waals surface area contributed by atoms with Gasteiger partial charge in [0.05, 0.1) is 22.0 Å². The van der Waals surface area contributed by atoms with Crippen molar-refractivity contribution in [3.8, 4) is 0 Å². The fraction of sp³-hybridized carbons (Fsp3) is 0.391. The van der Waals surface area contributed by atoms with E-state index in [1.54, 1.807) is 6.07 Å². The van der Waals surface area contributed by atoms with Crippen LogP contribution in [0.4, 0.5) is 14.5 Å². The van der Waals surface area contributed by atoms with Gasteiger partial charge < -0.3 is 10.2 Å². The van der Waals surface area contributed by atoms with Crippen LogP contribution in [0, 0.1) is 17.6 Å². The SMILES string of the molecule is CC(C)CNC(=O)[C@H](C)N(Cc1ccc(Cl)c(Cl)c1)C(=O)CN(c1ccc(F)c(F)c1)S(C)(=O)=O. The number of hydrogen-bond donors (Lipinski definition) is 1. The van der Waals surface area contributed by atoms with Crippen LogP contribution in [0.15, 0.2) is 36.4 Å². The lowest BCUT2D eigenvalue weighted by atomic mass is 10.1.